The second-order valence-corrected chi connectivity index (χ2v) is 12.7. The van der Waals surface area contributed by atoms with Crippen LogP contribution in [0.15, 0.2) is 0 Å². The molecule has 1 fully saturated rings. The van der Waals surface area contributed by atoms with E-state index in [1.165, 1.54) is 0 Å². The highest BCUT2D eigenvalue weighted by molar-refractivity contribution is 5.87. The molecule has 1 rings (SSSR count). The number of carbonyl (C=O) groups excluding carboxylic acids is 4. The standard InChI is InChI=1S/C26H48N4O4/c1-24(2,3)19(18-30-15-13-26(7,8)17-20(30)32)27-23(34)28-21(25(4,5)6)22(33)29(9)14-11-10-12-16-31/h16,19,21H,10-15,17-18H2,1-9H3,(H2,27,28,34). The van der Waals surface area contributed by atoms with Crippen LogP contribution < -0.4 is 10.6 Å². The average molecular weight is 481 g/mol. The third kappa shape index (κ3) is 9.63. The van der Waals surface area contributed by atoms with E-state index in [1.807, 2.05) is 46.4 Å². The number of hydrogen-bond acceptors (Lipinski definition) is 4. The molecule has 34 heavy (non-hydrogen) atoms. The topological polar surface area (TPSA) is 98.8 Å². The lowest BCUT2D eigenvalue weighted by Crippen LogP contribution is -2.60. The first-order valence-corrected chi connectivity index (χ1v) is 12.5. The fourth-order valence-electron chi connectivity index (χ4n) is 4.01. The van der Waals surface area contributed by atoms with E-state index < -0.39 is 17.5 Å². The van der Waals surface area contributed by atoms with Crippen LogP contribution in [0.4, 0.5) is 4.79 Å². The van der Waals surface area contributed by atoms with Gasteiger partial charge in [0.2, 0.25) is 11.8 Å². The molecular weight excluding hydrogens is 432 g/mol. The Balaban J connectivity index is 2.86. The zero-order valence-electron chi connectivity index (χ0n) is 22.9. The average Bonchev–Trinajstić information content (AvgIpc) is 2.68. The summed E-state index contributed by atoms with van der Waals surface area (Å²) in [5.41, 5.74) is -0.756. The molecule has 0 aromatic heterocycles. The number of likely N-dealkylation sites (N-methyl/N-ethyl adjacent to an activating group) is 1. The molecule has 8 heteroatoms. The summed E-state index contributed by atoms with van der Waals surface area (Å²) >= 11 is 0. The van der Waals surface area contributed by atoms with Crippen LogP contribution in [0, 0.1) is 16.2 Å². The summed E-state index contributed by atoms with van der Waals surface area (Å²) in [7, 11) is 1.73. The van der Waals surface area contributed by atoms with E-state index >= 15 is 0 Å². The van der Waals surface area contributed by atoms with Crippen molar-refractivity contribution in [2.24, 2.45) is 16.2 Å². The number of nitrogens with zero attached hydrogens (tertiary/aromatic N) is 2. The Morgan fingerprint density at radius 1 is 1.09 bits per heavy atom. The maximum Gasteiger partial charge on any atom is 0.315 e. The molecule has 1 heterocycles. The Hall–Kier alpha value is -2.12. The number of unbranched alkanes of at least 4 members (excludes halogenated alkanes) is 2. The number of nitrogens with one attached hydrogen (secondary N) is 2. The number of piperidine rings is 1. The fourth-order valence-corrected chi connectivity index (χ4v) is 4.01. The Labute approximate surface area is 206 Å². The third-order valence-corrected chi connectivity index (χ3v) is 6.62. The predicted octanol–water partition coefficient (Wildman–Crippen LogP) is 3.59. The molecule has 0 aromatic rings. The van der Waals surface area contributed by atoms with Crippen LogP contribution >= 0.6 is 0 Å². The second-order valence-electron chi connectivity index (χ2n) is 12.7. The number of hydrogen-bond donors (Lipinski definition) is 2. The van der Waals surface area contributed by atoms with Crippen LogP contribution in [-0.4, -0.2) is 72.7 Å². The summed E-state index contributed by atoms with van der Waals surface area (Å²) in [6.07, 6.45) is 4.27. The fraction of sp³-hybridized carbons (Fsp3) is 0.846. The van der Waals surface area contributed by atoms with Crippen molar-refractivity contribution in [1.29, 1.82) is 0 Å². The smallest absolute Gasteiger partial charge is 0.315 e. The van der Waals surface area contributed by atoms with Gasteiger partial charge in [0.1, 0.15) is 12.3 Å². The first kappa shape index (κ1) is 29.9. The highest BCUT2D eigenvalue weighted by Gasteiger charge is 2.38. The van der Waals surface area contributed by atoms with Crippen molar-refractivity contribution in [2.75, 3.05) is 26.7 Å². The van der Waals surface area contributed by atoms with Crippen LogP contribution in [-0.2, 0) is 14.4 Å². The van der Waals surface area contributed by atoms with E-state index in [0.717, 1.165) is 25.5 Å². The highest BCUT2D eigenvalue weighted by atomic mass is 16.2. The summed E-state index contributed by atoms with van der Waals surface area (Å²) in [4.78, 5) is 52.9. The van der Waals surface area contributed by atoms with E-state index in [0.29, 0.717) is 32.5 Å². The monoisotopic (exact) mass is 480 g/mol. The van der Waals surface area contributed by atoms with Crippen LogP contribution in [0.3, 0.4) is 0 Å². The Kier molecular flexibility index (Phi) is 10.6. The molecule has 1 saturated heterocycles. The minimum absolute atomic E-state index is 0.00910. The van der Waals surface area contributed by atoms with Gasteiger partial charge in [-0.3, -0.25) is 9.59 Å². The van der Waals surface area contributed by atoms with E-state index in [2.05, 4.69) is 24.5 Å². The van der Waals surface area contributed by atoms with E-state index in [1.54, 1.807) is 11.9 Å². The van der Waals surface area contributed by atoms with Gasteiger partial charge in [0.25, 0.3) is 0 Å². The van der Waals surface area contributed by atoms with Crippen molar-refractivity contribution in [2.45, 2.75) is 99.6 Å². The quantitative estimate of drug-likeness (QED) is 0.369. The van der Waals surface area contributed by atoms with E-state index in [9.17, 15) is 19.2 Å². The molecule has 0 spiro atoms. The molecule has 2 unspecified atom stereocenters. The van der Waals surface area contributed by atoms with Crippen molar-refractivity contribution in [3.05, 3.63) is 0 Å². The molecule has 2 N–H and O–H groups in total. The maximum atomic E-state index is 13.2. The van der Waals surface area contributed by atoms with Crippen molar-refractivity contribution in [1.82, 2.24) is 20.4 Å². The number of carbonyl (C=O) groups is 4. The van der Waals surface area contributed by atoms with Crippen molar-refractivity contribution >= 4 is 24.1 Å². The van der Waals surface area contributed by atoms with Gasteiger partial charge in [-0.15, -0.1) is 0 Å². The first-order chi connectivity index (χ1) is 15.5. The molecule has 196 valence electrons. The van der Waals surface area contributed by atoms with Crippen molar-refractivity contribution < 1.29 is 19.2 Å². The zero-order chi connectivity index (χ0) is 26.3. The molecular formula is C26H48N4O4. The van der Waals surface area contributed by atoms with Crippen LogP contribution in [0.2, 0.25) is 0 Å². The van der Waals surface area contributed by atoms with Gasteiger partial charge in [0.05, 0.1) is 6.04 Å². The molecule has 0 saturated carbocycles. The summed E-state index contributed by atoms with van der Waals surface area (Å²) in [6, 6.07) is -1.39. The number of urea groups is 1. The molecule has 0 aromatic carbocycles. The van der Waals surface area contributed by atoms with Crippen LogP contribution in [0.25, 0.3) is 0 Å². The number of amides is 4. The lowest BCUT2D eigenvalue weighted by molar-refractivity contribution is -0.138. The van der Waals surface area contributed by atoms with Gasteiger partial charge in [0.15, 0.2) is 0 Å². The summed E-state index contributed by atoms with van der Waals surface area (Å²) in [6.45, 7) is 17.7. The first-order valence-electron chi connectivity index (χ1n) is 12.5. The number of likely N-dealkylation sites (tertiary alicyclic amines) is 1. The largest absolute Gasteiger partial charge is 0.344 e. The molecule has 1 aliphatic heterocycles. The second kappa shape index (κ2) is 12.0. The lowest BCUT2D eigenvalue weighted by Gasteiger charge is -2.41. The van der Waals surface area contributed by atoms with Gasteiger partial charge in [0, 0.05) is 39.5 Å². The van der Waals surface area contributed by atoms with Crippen LogP contribution in [0.1, 0.15) is 87.5 Å². The molecule has 8 nitrogen and oxygen atoms in total. The summed E-state index contributed by atoms with van der Waals surface area (Å²) in [5, 5.41) is 5.95. The minimum atomic E-state index is -0.707. The Bertz CT molecular complexity index is 721. The minimum Gasteiger partial charge on any atom is -0.344 e. The Morgan fingerprint density at radius 3 is 2.21 bits per heavy atom. The van der Waals surface area contributed by atoms with Gasteiger partial charge in [-0.1, -0.05) is 55.4 Å². The lowest BCUT2D eigenvalue weighted by atomic mass is 9.81. The van der Waals surface area contributed by atoms with Gasteiger partial charge in [-0.25, -0.2) is 4.79 Å². The highest BCUT2D eigenvalue weighted by Crippen LogP contribution is 2.31. The third-order valence-electron chi connectivity index (χ3n) is 6.62. The SMILES string of the molecule is CN(CCCCC=O)C(=O)C(NC(=O)NC(CN1CCC(C)(C)CC1=O)C(C)(C)C)C(C)(C)C. The number of rotatable bonds is 10. The zero-order valence-corrected chi connectivity index (χ0v) is 22.9. The predicted molar refractivity (Wildman–Crippen MR) is 135 cm³/mol. The molecule has 1 aliphatic rings. The maximum absolute atomic E-state index is 13.2. The van der Waals surface area contributed by atoms with Crippen molar-refractivity contribution in [3.63, 3.8) is 0 Å². The Morgan fingerprint density at radius 2 is 1.71 bits per heavy atom. The van der Waals surface area contributed by atoms with Gasteiger partial charge in [-0.2, -0.15) is 0 Å². The molecule has 0 bridgehead atoms. The van der Waals surface area contributed by atoms with E-state index in [4.69, 9.17) is 0 Å². The molecule has 4 amide bonds. The van der Waals surface area contributed by atoms with Gasteiger partial charge < -0.3 is 25.2 Å². The van der Waals surface area contributed by atoms with Crippen LogP contribution in [0.5, 0.6) is 0 Å². The van der Waals surface area contributed by atoms with Gasteiger partial charge in [-0.05, 0) is 35.5 Å². The molecule has 0 aliphatic carbocycles. The van der Waals surface area contributed by atoms with E-state index in [-0.39, 0.29) is 28.7 Å². The molecule has 2 atom stereocenters. The number of aldehydes is 1. The molecule has 0 radical (unpaired) electrons. The van der Waals surface area contributed by atoms with Crippen molar-refractivity contribution in [3.8, 4) is 0 Å². The summed E-state index contributed by atoms with van der Waals surface area (Å²) in [5.74, 6) is -0.0406. The normalized spacial score (nSPS) is 18.1. The van der Waals surface area contributed by atoms with Gasteiger partial charge >= 0.3 is 6.03 Å². The summed E-state index contributed by atoms with van der Waals surface area (Å²) < 4.78 is 0.